The van der Waals surface area contributed by atoms with Crippen molar-refractivity contribution in [3.63, 3.8) is 0 Å². The van der Waals surface area contributed by atoms with Crippen LogP contribution in [0.15, 0.2) is 175 Å². The van der Waals surface area contributed by atoms with Gasteiger partial charge < -0.3 is 27.9 Å². The topological polar surface area (TPSA) is 117 Å². The van der Waals surface area contributed by atoms with Crippen molar-refractivity contribution in [3.8, 4) is 33.9 Å². The lowest BCUT2D eigenvalue weighted by molar-refractivity contribution is 0.00578. The molecular weight excluding hydrogens is 1050 g/mol. The van der Waals surface area contributed by atoms with E-state index in [1.807, 2.05) is 101 Å². The average molecular weight is 1120 g/mol. The Hall–Kier alpha value is -6.49. The van der Waals surface area contributed by atoms with Crippen molar-refractivity contribution in [3.05, 3.63) is 175 Å². The van der Waals surface area contributed by atoms with Gasteiger partial charge in [-0.15, -0.1) is 0 Å². The van der Waals surface area contributed by atoms with Crippen LogP contribution in [0.5, 0.6) is 0 Å². The van der Waals surface area contributed by atoms with Gasteiger partial charge in [0.1, 0.15) is 11.4 Å². The van der Waals surface area contributed by atoms with Crippen molar-refractivity contribution < 1.29 is 27.9 Å². The molecule has 3 aliphatic rings. The molecule has 3 fully saturated rings. The fraction of sp³-hybridized carbons (Fsp3) is 0.302. The Morgan fingerprint density at radius 1 is 0.405 bits per heavy atom. The molecule has 0 N–H and O–H groups in total. The van der Waals surface area contributed by atoms with Crippen LogP contribution < -0.4 is 5.46 Å². The van der Waals surface area contributed by atoms with Crippen LogP contribution in [0.3, 0.4) is 0 Å². The quantitative estimate of drug-likeness (QED) is 0.149. The standard InChI is InChI=1S/C28H26BN3O2.C22H14BrN3.C12H24B2O4.CH4/c1-27(2)28(3,4)34-29(33-27)21-10-7-9-20(18-21)26-25-23-11-6-5-8-19(23)12-13-24(25)32(31-26)22-14-16-30-17-15-22;23-17-6-3-5-16(14-17)22-21-19-7-2-1-4-15(19)8-9-20(21)26(25-22)18-10-12-24-13-11-18;1-9(2)10(3,4)16-13(15-9)14-17-11(5,6)12(7,8)18-14;/h5-18H,1-4H3;1-14H;1-8H3;1H4. The Kier molecular flexibility index (Phi) is 14.7. The first-order valence-corrected chi connectivity index (χ1v) is 27.4. The highest BCUT2D eigenvalue weighted by atomic mass is 79.9. The average Bonchev–Trinajstić information content (AvgIpc) is 4.40. The first-order chi connectivity index (χ1) is 37.0. The fourth-order valence-corrected chi connectivity index (χ4v) is 10.4. The van der Waals surface area contributed by atoms with Crippen molar-refractivity contribution in [1.29, 1.82) is 0 Å². The predicted molar refractivity (Wildman–Crippen MR) is 326 cm³/mol. The van der Waals surface area contributed by atoms with E-state index in [2.05, 4.69) is 163 Å². The molecule has 79 heavy (non-hydrogen) atoms. The number of hydrogen-bond donors (Lipinski definition) is 0. The molecule has 0 saturated carbocycles. The zero-order valence-electron chi connectivity index (χ0n) is 46.4. The van der Waals surface area contributed by atoms with E-state index in [9.17, 15) is 0 Å². The lowest BCUT2D eigenvalue weighted by Crippen LogP contribution is -2.41. The molecule has 0 radical (unpaired) electrons. The molecule has 4 aromatic heterocycles. The number of rotatable bonds is 6. The predicted octanol–water partition coefficient (Wildman–Crippen LogP) is 14.4. The maximum Gasteiger partial charge on any atom is 0.494 e. The lowest BCUT2D eigenvalue weighted by Gasteiger charge is -2.32. The summed E-state index contributed by atoms with van der Waals surface area (Å²) in [5, 5.41) is 17.2. The number of halogens is 1. The van der Waals surface area contributed by atoms with Gasteiger partial charge in [0.05, 0.1) is 56.0 Å². The van der Waals surface area contributed by atoms with Gasteiger partial charge in [-0.05, 0) is 159 Å². The van der Waals surface area contributed by atoms with E-state index in [1.165, 1.54) is 21.5 Å². The van der Waals surface area contributed by atoms with Crippen molar-refractivity contribution >= 4 is 85.9 Å². The molecule has 6 aromatic carbocycles. The molecule has 10 aromatic rings. The summed E-state index contributed by atoms with van der Waals surface area (Å²) < 4.78 is 41.5. The van der Waals surface area contributed by atoms with Gasteiger partial charge >= 0.3 is 21.1 Å². The van der Waals surface area contributed by atoms with E-state index in [0.717, 1.165) is 65.6 Å². The van der Waals surface area contributed by atoms with Crippen LogP contribution in [0.4, 0.5) is 0 Å². The fourth-order valence-electron chi connectivity index (χ4n) is 9.99. The maximum atomic E-state index is 6.32. The third kappa shape index (κ3) is 10.4. The van der Waals surface area contributed by atoms with E-state index in [1.54, 1.807) is 24.8 Å². The van der Waals surface area contributed by atoms with Crippen molar-refractivity contribution in [2.45, 2.75) is 124 Å². The molecule has 402 valence electrons. The minimum atomic E-state index is -0.476. The van der Waals surface area contributed by atoms with Crippen LogP contribution in [0.1, 0.15) is 90.5 Å². The van der Waals surface area contributed by atoms with E-state index in [-0.39, 0.29) is 41.0 Å². The molecule has 3 aliphatic heterocycles. The highest BCUT2D eigenvalue weighted by molar-refractivity contribution is 9.10. The lowest BCUT2D eigenvalue weighted by atomic mass is 9.49. The molecule has 13 rings (SSSR count). The van der Waals surface area contributed by atoms with E-state index in [4.69, 9.17) is 38.1 Å². The van der Waals surface area contributed by atoms with Gasteiger partial charge in [0.25, 0.3) is 0 Å². The second kappa shape index (κ2) is 20.9. The molecule has 0 bridgehead atoms. The molecular formula is C63H68B3BrN6O6. The maximum absolute atomic E-state index is 6.32. The van der Waals surface area contributed by atoms with Crippen LogP contribution in [0, 0.1) is 0 Å². The monoisotopic (exact) mass is 1120 g/mol. The van der Waals surface area contributed by atoms with Gasteiger partial charge in [-0.3, -0.25) is 9.97 Å². The molecule has 0 atom stereocenters. The number of hydrogen-bond acceptors (Lipinski definition) is 10. The summed E-state index contributed by atoms with van der Waals surface area (Å²) in [5.41, 5.74) is 6.93. The van der Waals surface area contributed by atoms with E-state index >= 15 is 0 Å². The molecule has 0 spiro atoms. The number of benzene rings is 6. The zero-order valence-corrected chi connectivity index (χ0v) is 48.0. The largest absolute Gasteiger partial charge is 0.494 e. The Labute approximate surface area is 473 Å². The van der Waals surface area contributed by atoms with E-state index in [0.29, 0.717) is 0 Å². The molecule has 7 heterocycles. The minimum absolute atomic E-state index is 0. The van der Waals surface area contributed by atoms with Crippen LogP contribution in [-0.4, -0.2) is 84.3 Å². The zero-order chi connectivity index (χ0) is 55.0. The third-order valence-corrected chi connectivity index (χ3v) is 17.0. The summed E-state index contributed by atoms with van der Waals surface area (Å²) in [5.74, 6) is 0. The molecule has 16 heteroatoms. The van der Waals surface area contributed by atoms with Crippen molar-refractivity contribution in [1.82, 2.24) is 29.5 Å². The number of pyridine rings is 2. The molecule has 0 amide bonds. The first-order valence-electron chi connectivity index (χ1n) is 26.6. The third-order valence-electron chi connectivity index (χ3n) is 16.5. The van der Waals surface area contributed by atoms with E-state index < -0.39 is 21.1 Å². The van der Waals surface area contributed by atoms with Crippen LogP contribution in [0.2, 0.25) is 0 Å². The van der Waals surface area contributed by atoms with Crippen LogP contribution in [0.25, 0.3) is 77.2 Å². The summed E-state index contributed by atoms with van der Waals surface area (Å²) in [4.78, 5) is 8.31. The SMILES string of the molecule is Brc1cccc(-c2nn(-c3ccncc3)c3ccc4ccccc4c23)c1.C.CC1(C)OB(B2OC(C)(C)C(C)(C)O2)OC1(C)C.CC1(C)OB(c2cccc(-c3nn(-c4ccncc4)c4ccc5ccccc5c34)c2)OC1(C)C. The first kappa shape index (κ1) is 55.8. The highest BCUT2D eigenvalue weighted by Crippen LogP contribution is 2.44. The van der Waals surface area contributed by atoms with Gasteiger partial charge in [0, 0.05) is 51.2 Å². The van der Waals surface area contributed by atoms with Crippen molar-refractivity contribution in [2.24, 2.45) is 0 Å². The smallest absolute Gasteiger partial charge is 0.405 e. The Morgan fingerprint density at radius 3 is 1.20 bits per heavy atom. The summed E-state index contributed by atoms with van der Waals surface area (Å²) in [6, 6.07) is 50.1. The normalized spacial score (nSPS) is 18.3. The minimum Gasteiger partial charge on any atom is -0.405 e. The van der Waals surface area contributed by atoms with Crippen molar-refractivity contribution in [2.75, 3.05) is 0 Å². The van der Waals surface area contributed by atoms with Gasteiger partial charge in [-0.1, -0.05) is 120 Å². The Balaban J connectivity index is 0.000000140. The molecule has 0 aliphatic carbocycles. The summed E-state index contributed by atoms with van der Waals surface area (Å²) in [6.45, 7) is 24.5. The Morgan fingerprint density at radius 2 is 0.785 bits per heavy atom. The second-order valence-electron chi connectivity index (χ2n) is 23.3. The Bertz CT molecular complexity index is 3770. The van der Waals surface area contributed by atoms with Gasteiger partial charge in [0.2, 0.25) is 0 Å². The molecule has 3 saturated heterocycles. The van der Waals surface area contributed by atoms with Crippen LogP contribution >= 0.6 is 15.9 Å². The second-order valence-corrected chi connectivity index (χ2v) is 24.2. The number of nitrogens with zero attached hydrogens (tertiary/aromatic N) is 6. The summed E-state index contributed by atoms with van der Waals surface area (Å²) >= 11 is 3.58. The number of aromatic nitrogens is 6. The van der Waals surface area contributed by atoms with Gasteiger partial charge in [-0.2, -0.15) is 10.2 Å². The summed E-state index contributed by atoms with van der Waals surface area (Å²) in [6.07, 6.45) is 7.18. The molecule has 0 unspecified atom stereocenters. The van der Waals surface area contributed by atoms with Crippen LogP contribution in [-0.2, 0) is 27.9 Å². The number of fused-ring (bicyclic) bond motifs is 6. The highest BCUT2D eigenvalue weighted by Gasteiger charge is 2.63. The van der Waals surface area contributed by atoms with Gasteiger partial charge in [0.15, 0.2) is 0 Å². The van der Waals surface area contributed by atoms with Gasteiger partial charge in [-0.25, -0.2) is 9.36 Å². The summed E-state index contributed by atoms with van der Waals surface area (Å²) in [7, 11) is -1.37. The molecule has 12 nitrogen and oxygen atoms in total.